The van der Waals surface area contributed by atoms with Crippen LogP contribution in [-0.4, -0.2) is 30.0 Å². The van der Waals surface area contributed by atoms with Crippen molar-refractivity contribution in [3.8, 4) is 5.75 Å². The third-order valence-electron chi connectivity index (χ3n) is 4.55. The Morgan fingerprint density at radius 3 is 2.48 bits per heavy atom. The highest BCUT2D eigenvalue weighted by molar-refractivity contribution is 5.33. The van der Waals surface area contributed by atoms with E-state index in [2.05, 4.69) is 11.0 Å². The molecule has 0 unspecified atom stereocenters. The number of nitrogens with zero attached hydrogens (tertiary/aromatic N) is 1. The molecule has 1 heterocycles. The second-order valence-electron chi connectivity index (χ2n) is 6.26. The molecule has 1 saturated heterocycles. The van der Waals surface area contributed by atoms with Crippen LogP contribution in [0.2, 0.25) is 0 Å². The molecule has 2 aliphatic rings. The van der Waals surface area contributed by atoms with Crippen LogP contribution < -0.4 is 4.74 Å². The van der Waals surface area contributed by atoms with Gasteiger partial charge in [0.1, 0.15) is 5.75 Å². The largest absolute Gasteiger partial charge is 0.490 e. The highest BCUT2D eigenvalue weighted by Crippen LogP contribution is 2.31. The van der Waals surface area contributed by atoms with Gasteiger partial charge in [-0.3, -0.25) is 4.90 Å². The summed E-state index contributed by atoms with van der Waals surface area (Å²) in [6.45, 7) is 1.63. The van der Waals surface area contributed by atoms with Gasteiger partial charge < -0.3 is 4.74 Å². The maximum absolute atomic E-state index is 13.2. The second kappa shape index (κ2) is 6.30. The Bertz CT molecular complexity index is 462. The number of piperidine rings is 1. The fraction of sp³-hybridized carbons (Fsp3) is 0.647. The zero-order chi connectivity index (χ0) is 14.7. The Morgan fingerprint density at radius 1 is 1.10 bits per heavy atom. The van der Waals surface area contributed by atoms with Crippen molar-refractivity contribution in [1.82, 2.24) is 4.90 Å². The lowest BCUT2D eigenvalue weighted by atomic mass is 10.1. The van der Waals surface area contributed by atoms with E-state index in [-0.39, 0.29) is 12.8 Å². The van der Waals surface area contributed by atoms with Crippen LogP contribution in [0.25, 0.3) is 0 Å². The highest BCUT2D eigenvalue weighted by Gasteiger charge is 2.34. The first-order chi connectivity index (χ1) is 10.1. The lowest BCUT2D eigenvalue weighted by molar-refractivity contribution is -0.0567. The van der Waals surface area contributed by atoms with Gasteiger partial charge in [0.05, 0.1) is 6.10 Å². The van der Waals surface area contributed by atoms with Crippen LogP contribution in [0.15, 0.2) is 24.3 Å². The molecule has 4 heteroatoms. The summed E-state index contributed by atoms with van der Waals surface area (Å²) in [5.41, 5.74) is 1.12. The molecular weight excluding hydrogens is 272 g/mol. The predicted octanol–water partition coefficient (Wildman–Crippen LogP) is 4.24. The van der Waals surface area contributed by atoms with Crippen molar-refractivity contribution in [3.05, 3.63) is 29.8 Å². The minimum absolute atomic E-state index is 0.0291. The Morgan fingerprint density at radius 2 is 1.76 bits per heavy atom. The number of para-hydroxylation sites is 1. The smallest absolute Gasteiger partial charge is 0.250 e. The zero-order valence-electron chi connectivity index (χ0n) is 12.4. The zero-order valence-corrected chi connectivity index (χ0v) is 12.4. The lowest BCUT2D eigenvalue weighted by Crippen LogP contribution is -2.38. The third-order valence-corrected chi connectivity index (χ3v) is 4.55. The SMILES string of the molecule is FC1(F)CCN(Cc2ccccc2OC2CCCC2)CC1. The van der Waals surface area contributed by atoms with Crippen molar-refractivity contribution in [1.29, 1.82) is 0 Å². The minimum Gasteiger partial charge on any atom is -0.490 e. The van der Waals surface area contributed by atoms with Crippen molar-refractivity contribution in [3.63, 3.8) is 0 Å². The van der Waals surface area contributed by atoms with Gasteiger partial charge in [-0.15, -0.1) is 0 Å². The van der Waals surface area contributed by atoms with Crippen LogP contribution in [0.1, 0.15) is 44.1 Å². The van der Waals surface area contributed by atoms with Gasteiger partial charge in [0.15, 0.2) is 0 Å². The van der Waals surface area contributed by atoms with E-state index in [1.165, 1.54) is 12.8 Å². The van der Waals surface area contributed by atoms with Crippen LogP contribution in [0.3, 0.4) is 0 Å². The number of benzene rings is 1. The van der Waals surface area contributed by atoms with Gasteiger partial charge >= 0.3 is 0 Å². The molecule has 1 aromatic carbocycles. The number of rotatable bonds is 4. The standard InChI is InChI=1S/C17H23F2NO/c18-17(19)9-11-20(12-10-17)13-14-5-1-4-8-16(14)21-15-6-2-3-7-15/h1,4-5,8,15H,2-3,6-7,9-13H2. The van der Waals surface area contributed by atoms with E-state index >= 15 is 0 Å². The first-order valence-electron chi connectivity index (χ1n) is 7.97. The van der Waals surface area contributed by atoms with Gasteiger partial charge in [0, 0.05) is 38.0 Å². The molecule has 1 aliphatic heterocycles. The van der Waals surface area contributed by atoms with Gasteiger partial charge in [-0.1, -0.05) is 18.2 Å². The molecule has 0 aromatic heterocycles. The summed E-state index contributed by atoms with van der Waals surface area (Å²) >= 11 is 0. The monoisotopic (exact) mass is 295 g/mol. The molecule has 1 aromatic rings. The van der Waals surface area contributed by atoms with Gasteiger partial charge in [-0.25, -0.2) is 8.78 Å². The van der Waals surface area contributed by atoms with Gasteiger partial charge in [-0.05, 0) is 31.7 Å². The van der Waals surface area contributed by atoms with Gasteiger partial charge in [0.2, 0.25) is 0 Å². The summed E-state index contributed by atoms with van der Waals surface area (Å²) < 4.78 is 32.5. The molecule has 2 nitrogen and oxygen atoms in total. The Labute approximate surface area is 125 Å². The van der Waals surface area contributed by atoms with Crippen molar-refractivity contribution in [2.45, 2.75) is 57.1 Å². The quantitative estimate of drug-likeness (QED) is 0.824. The number of hydrogen-bond donors (Lipinski definition) is 0. The molecule has 21 heavy (non-hydrogen) atoms. The molecule has 0 bridgehead atoms. The molecule has 1 saturated carbocycles. The van der Waals surface area contributed by atoms with Crippen LogP contribution in [0.5, 0.6) is 5.75 Å². The minimum atomic E-state index is -2.48. The molecule has 3 rings (SSSR count). The summed E-state index contributed by atoms with van der Waals surface area (Å²) in [6, 6.07) is 8.04. The third kappa shape index (κ3) is 3.94. The van der Waals surface area contributed by atoms with Crippen molar-refractivity contribution < 1.29 is 13.5 Å². The molecule has 0 spiro atoms. The summed E-state index contributed by atoms with van der Waals surface area (Å²) in [7, 11) is 0. The lowest BCUT2D eigenvalue weighted by Gasteiger charge is -2.32. The first kappa shape index (κ1) is 14.8. The van der Waals surface area contributed by atoms with Crippen LogP contribution >= 0.6 is 0 Å². The topological polar surface area (TPSA) is 12.5 Å². The van der Waals surface area contributed by atoms with E-state index < -0.39 is 5.92 Å². The van der Waals surface area contributed by atoms with Crippen molar-refractivity contribution >= 4 is 0 Å². The molecule has 0 N–H and O–H groups in total. The summed E-state index contributed by atoms with van der Waals surface area (Å²) in [5, 5.41) is 0. The first-order valence-corrected chi connectivity index (χ1v) is 7.97. The molecule has 0 amide bonds. The normalized spacial score (nSPS) is 23.3. The second-order valence-corrected chi connectivity index (χ2v) is 6.26. The van der Waals surface area contributed by atoms with E-state index in [0.717, 1.165) is 24.2 Å². The molecule has 1 aliphatic carbocycles. The Balaban J connectivity index is 1.62. The fourth-order valence-electron chi connectivity index (χ4n) is 3.21. The molecule has 116 valence electrons. The molecular formula is C17H23F2NO. The van der Waals surface area contributed by atoms with E-state index in [1.54, 1.807) is 0 Å². The van der Waals surface area contributed by atoms with E-state index in [0.29, 0.717) is 25.7 Å². The van der Waals surface area contributed by atoms with Crippen LogP contribution in [0.4, 0.5) is 8.78 Å². The average molecular weight is 295 g/mol. The number of ether oxygens (including phenoxy) is 1. The van der Waals surface area contributed by atoms with Gasteiger partial charge in [-0.2, -0.15) is 0 Å². The van der Waals surface area contributed by atoms with Crippen LogP contribution in [-0.2, 0) is 6.54 Å². The highest BCUT2D eigenvalue weighted by atomic mass is 19.3. The fourth-order valence-corrected chi connectivity index (χ4v) is 3.21. The van der Waals surface area contributed by atoms with E-state index in [4.69, 9.17) is 4.74 Å². The Hall–Kier alpha value is -1.16. The maximum atomic E-state index is 13.2. The predicted molar refractivity (Wildman–Crippen MR) is 78.8 cm³/mol. The summed E-state index contributed by atoms with van der Waals surface area (Å²) in [5.74, 6) is -1.54. The van der Waals surface area contributed by atoms with Crippen molar-refractivity contribution in [2.24, 2.45) is 0 Å². The molecule has 0 atom stereocenters. The maximum Gasteiger partial charge on any atom is 0.250 e. The van der Waals surface area contributed by atoms with Gasteiger partial charge in [0.25, 0.3) is 5.92 Å². The number of likely N-dealkylation sites (tertiary alicyclic amines) is 1. The Kier molecular flexibility index (Phi) is 4.43. The van der Waals surface area contributed by atoms with Crippen molar-refractivity contribution in [2.75, 3.05) is 13.1 Å². The van der Waals surface area contributed by atoms with Crippen LogP contribution in [0, 0.1) is 0 Å². The summed E-state index contributed by atoms with van der Waals surface area (Å²) in [6.07, 6.45) is 5.02. The number of hydrogen-bond acceptors (Lipinski definition) is 2. The number of alkyl halides is 2. The molecule has 0 radical (unpaired) electrons. The van der Waals surface area contributed by atoms with E-state index in [1.807, 2.05) is 18.2 Å². The average Bonchev–Trinajstić information content (AvgIpc) is 2.96. The summed E-state index contributed by atoms with van der Waals surface area (Å²) in [4.78, 5) is 2.11. The number of halogens is 2. The molecule has 2 fully saturated rings. The van der Waals surface area contributed by atoms with E-state index in [9.17, 15) is 8.78 Å².